The van der Waals surface area contributed by atoms with Crippen LogP contribution in [0.2, 0.25) is 0 Å². The second-order valence-corrected chi connectivity index (χ2v) is 5.48. The summed E-state index contributed by atoms with van der Waals surface area (Å²) in [6, 6.07) is 1.10. The number of nitrogens with zero attached hydrogens (tertiary/aromatic N) is 1. The number of H-pyrrole nitrogens is 1. The number of aryl methyl sites for hydroxylation is 1. The van der Waals surface area contributed by atoms with Gasteiger partial charge < -0.3 is 10.3 Å². The summed E-state index contributed by atoms with van der Waals surface area (Å²) in [4.78, 5) is 8.35. The monoisotopic (exact) mass is 219 g/mol. The van der Waals surface area contributed by atoms with Gasteiger partial charge in [0, 0.05) is 17.7 Å². The number of piperidine rings is 1. The van der Waals surface area contributed by atoms with Crippen LogP contribution in [0.5, 0.6) is 0 Å². The minimum Gasteiger partial charge on any atom is -0.344 e. The summed E-state index contributed by atoms with van der Waals surface area (Å²) in [6.45, 7) is 4.55. The molecule has 0 saturated carbocycles. The van der Waals surface area contributed by atoms with Crippen LogP contribution in [0.15, 0.2) is 0 Å². The highest BCUT2D eigenvalue weighted by atomic mass is 15.1. The Morgan fingerprint density at radius 3 is 2.81 bits per heavy atom. The molecule has 0 radical (unpaired) electrons. The number of hydrogen-bond acceptors (Lipinski definition) is 2. The normalized spacial score (nSPS) is 34.0. The Bertz CT molecular complexity index is 383. The van der Waals surface area contributed by atoms with E-state index in [1.165, 1.54) is 49.3 Å². The van der Waals surface area contributed by atoms with E-state index in [9.17, 15) is 0 Å². The maximum atomic E-state index is 4.81. The van der Waals surface area contributed by atoms with Gasteiger partial charge in [-0.3, -0.25) is 0 Å². The van der Waals surface area contributed by atoms with Crippen molar-refractivity contribution in [2.24, 2.45) is 0 Å². The van der Waals surface area contributed by atoms with E-state index in [2.05, 4.69) is 24.1 Å². The molecule has 16 heavy (non-hydrogen) atoms. The Kier molecular flexibility index (Phi) is 2.51. The Hall–Kier alpha value is -0.830. The summed E-state index contributed by atoms with van der Waals surface area (Å²) in [5, 5.41) is 3.64. The third kappa shape index (κ3) is 1.67. The number of aromatic amines is 1. The van der Waals surface area contributed by atoms with Gasteiger partial charge in [0.05, 0.1) is 11.7 Å². The van der Waals surface area contributed by atoms with Gasteiger partial charge in [0.2, 0.25) is 0 Å². The van der Waals surface area contributed by atoms with Crippen LogP contribution >= 0.6 is 0 Å². The van der Waals surface area contributed by atoms with Gasteiger partial charge in [-0.2, -0.15) is 0 Å². The molecule has 3 nitrogen and oxygen atoms in total. The molecule has 1 aliphatic heterocycles. The smallest absolute Gasteiger partial charge is 0.123 e. The summed E-state index contributed by atoms with van der Waals surface area (Å²) in [5.41, 5.74) is 2.72. The van der Waals surface area contributed by atoms with Crippen LogP contribution in [0.1, 0.15) is 68.7 Å². The predicted molar refractivity (Wildman–Crippen MR) is 64.5 cm³/mol. The number of imidazole rings is 1. The van der Waals surface area contributed by atoms with Crippen molar-refractivity contribution < 1.29 is 0 Å². The molecule has 2 N–H and O–H groups in total. The van der Waals surface area contributed by atoms with Gasteiger partial charge in [0.1, 0.15) is 5.82 Å². The Balaban J connectivity index is 1.82. The average Bonchev–Trinajstić information content (AvgIpc) is 2.81. The number of aromatic nitrogens is 2. The van der Waals surface area contributed by atoms with Crippen LogP contribution in [0.4, 0.5) is 0 Å². The molecular formula is C13H21N3. The predicted octanol–water partition coefficient (Wildman–Crippen LogP) is 2.66. The van der Waals surface area contributed by atoms with E-state index in [1.54, 1.807) is 0 Å². The van der Waals surface area contributed by atoms with Crippen molar-refractivity contribution in [1.82, 2.24) is 15.3 Å². The fraction of sp³-hybridized carbons (Fsp3) is 0.769. The average molecular weight is 219 g/mol. The first-order chi connectivity index (χ1) is 7.74. The molecule has 1 saturated heterocycles. The first-order valence-corrected chi connectivity index (χ1v) is 6.58. The quantitative estimate of drug-likeness (QED) is 0.762. The standard InChI is InChI=1S/C13H21N3/c1-8-6-7-10-12(8)16-13(15-10)11-5-3-4-9(2)14-11/h8-9,11,14H,3-7H2,1-2H3,(H,15,16). The van der Waals surface area contributed by atoms with Crippen molar-refractivity contribution in [1.29, 1.82) is 0 Å². The van der Waals surface area contributed by atoms with E-state index in [0.29, 0.717) is 18.0 Å². The van der Waals surface area contributed by atoms with E-state index in [4.69, 9.17) is 4.98 Å². The van der Waals surface area contributed by atoms with Crippen LogP contribution in [0.25, 0.3) is 0 Å². The number of fused-ring (bicyclic) bond motifs is 1. The van der Waals surface area contributed by atoms with Crippen molar-refractivity contribution in [2.75, 3.05) is 0 Å². The SMILES string of the molecule is CC1CCCC(c2nc3c([nH]2)CCC3C)N1. The molecule has 0 spiro atoms. The molecule has 0 bridgehead atoms. The molecule has 3 atom stereocenters. The van der Waals surface area contributed by atoms with Gasteiger partial charge in [-0.25, -0.2) is 4.98 Å². The fourth-order valence-corrected chi connectivity index (χ4v) is 3.06. The van der Waals surface area contributed by atoms with E-state index in [0.717, 1.165) is 0 Å². The molecule has 3 unspecified atom stereocenters. The van der Waals surface area contributed by atoms with Gasteiger partial charge in [0.15, 0.2) is 0 Å². The molecule has 1 aliphatic carbocycles. The van der Waals surface area contributed by atoms with Gasteiger partial charge in [-0.05, 0) is 39.0 Å². The molecule has 1 aromatic rings. The maximum Gasteiger partial charge on any atom is 0.123 e. The van der Waals surface area contributed by atoms with Gasteiger partial charge in [-0.15, -0.1) is 0 Å². The third-order valence-electron chi connectivity index (χ3n) is 4.07. The van der Waals surface area contributed by atoms with Crippen molar-refractivity contribution in [3.05, 3.63) is 17.2 Å². The second-order valence-electron chi connectivity index (χ2n) is 5.48. The zero-order chi connectivity index (χ0) is 11.1. The lowest BCUT2D eigenvalue weighted by atomic mass is 9.99. The summed E-state index contributed by atoms with van der Waals surface area (Å²) >= 11 is 0. The van der Waals surface area contributed by atoms with Crippen molar-refractivity contribution in [3.8, 4) is 0 Å². The fourth-order valence-electron chi connectivity index (χ4n) is 3.06. The minimum atomic E-state index is 0.460. The Morgan fingerprint density at radius 2 is 2.06 bits per heavy atom. The lowest BCUT2D eigenvalue weighted by Gasteiger charge is -2.27. The Morgan fingerprint density at radius 1 is 1.19 bits per heavy atom. The highest BCUT2D eigenvalue weighted by Crippen LogP contribution is 2.33. The van der Waals surface area contributed by atoms with Crippen molar-refractivity contribution in [2.45, 2.75) is 64.0 Å². The molecular weight excluding hydrogens is 198 g/mol. The molecule has 2 aliphatic rings. The highest BCUT2D eigenvalue weighted by Gasteiger charge is 2.27. The molecule has 3 rings (SSSR count). The molecule has 1 aromatic heterocycles. The van der Waals surface area contributed by atoms with Gasteiger partial charge in [-0.1, -0.05) is 6.92 Å². The Labute approximate surface area is 97.0 Å². The van der Waals surface area contributed by atoms with Crippen LogP contribution in [-0.4, -0.2) is 16.0 Å². The van der Waals surface area contributed by atoms with E-state index < -0.39 is 0 Å². The largest absolute Gasteiger partial charge is 0.344 e. The van der Waals surface area contributed by atoms with Crippen LogP contribution in [0.3, 0.4) is 0 Å². The number of hydrogen-bond donors (Lipinski definition) is 2. The molecule has 3 heteroatoms. The van der Waals surface area contributed by atoms with Gasteiger partial charge >= 0.3 is 0 Å². The zero-order valence-corrected chi connectivity index (χ0v) is 10.2. The highest BCUT2D eigenvalue weighted by molar-refractivity contribution is 5.25. The lowest BCUT2D eigenvalue weighted by Crippen LogP contribution is -2.35. The van der Waals surface area contributed by atoms with Crippen LogP contribution < -0.4 is 5.32 Å². The maximum absolute atomic E-state index is 4.81. The first-order valence-electron chi connectivity index (χ1n) is 6.58. The van der Waals surface area contributed by atoms with Gasteiger partial charge in [0.25, 0.3) is 0 Å². The summed E-state index contributed by atoms with van der Waals surface area (Å²) < 4.78 is 0. The van der Waals surface area contributed by atoms with Crippen LogP contribution in [-0.2, 0) is 6.42 Å². The summed E-state index contributed by atoms with van der Waals surface area (Å²) in [6.07, 6.45) is 6.30. The van der Waals surface area contributed by atoms with E-state index in [1.807, 2.05) is 0 Å². The van der Waals surface area contributed by atoms with Crippen molar-refractivity contribution in [3.63, 3.8) is 0 Å². The van der Waals surface area contributed by atoms with E-state index >= 15 is 0 Å². The third-order valence-corrected chi connectivity index (χ3v) is 4.07. The van der Waals surface area contributed by atoms with Crippen molar-refractivity contribution >= 4 is 0 Å². The number of rotatable bonds is 1. The molecule has 0 aromatic carbocycles. The molecule has 0 amide bonds. The molecule has 88 valence electrons. The first kappa shape index (κ1) is 10.3. The summed E-state index contributed by atoms with van der Waals surface area (Å²) in [5.74, 6) is 1.84. The van der Waals surface area contributed by atoms with Crippen LogP contribution in [0, 0.1) is 0 Å². The number of nitrogens with one attached hydrogen (secondary N) is 2. The zero-order valence-electron chi connectivity index (χ0n) is 10.2. The molecule has 1 fully saturated rings. The second kappa shape index (κ2) is 3.88. The lowest BCUT2D eigenvalue weighted by molar-refractivity contribution is 0.331. The topological polar surface area (TPSA) is 40.7 Å². The molecule has 2 heterocycles. The minimum absolute atomic E-state index is 0.460. The van der Waals surface area contributed by atoms with E-state index in [-0.39, 0.29) is 0 Å². The summed E-state index contributed by atoms with van der Waals surface area (Å²) in [7, 11) is 0.